The Kier molecular flexibility index (Phi) is 8.55. The molecule has 0 spiro atoms. The summed E-state index contributed by atoms with van der Waals surface area (Å²) in [7, 11) is 1.16. The zero-order chi connectivity index (χ0) is 25.7. The number of methoxy groups -OCH3 is 2. The lowest BCUT2D eigenvalue weighted by atomic mass is 9.93. The number of esters is 1. The van der Waals surface area contributed by atoms with Crippen molar-refractivity contribution in [2.24, 2.45) is 5.92 Å². The van der Waals surface area contributed by atoms with E-state index in [2.05, 4.69) is 21.9 Å². The third-order valence-corrected chi connectivity index (χ3v) is 8.36. The second-order valence-electron chi connectivity index (χ2n) is 8.49. The van der Waals surface area contributed by atoms with Crippen LogP contribution >= 0.6 is 11.3 Å². The molecule has 0 radical (unpaired) electrons. The number of thiazole rings is 1. The molecule has 0 saturated carbocycles. The average molecular weight is 531 g/mol. The molecule has 4 rings (SSSR count). The van der Waals surface area contributed by atoms with E-state index in [9.17, 15) is 9.00 Å². The Bertz CT molecular complexity index is 1230. The molecule has 192 valence electrons. The SMILES string of the molecule is COC(=O)c1ccc(NS(=O)c2cc(-c3sc(NC(C)C4CCOCC4)nc3C)cnc2OC)cc1. The molecule has 1 aliphatic rings. The number of hydrogen-bond acceptors (Lipinski definition) is 9. The standard InChI is InChI=1S/C25H30N4O5S2/c1-15(17-9-11-34-12-10-17)27-25-28-16(2)22(35-25)19-13-21(23(32-3)26-14-19)36(31)29-20-7-5-18(6-8-20)24(30)33-4/h5-8,13-15,17,29H,9-12H2,1-4H3,(H,27,28). The number of carbonyl (C=O) groups excluding carboxylic acids is 1. The van der Waals surface area contributed by atoms with Gasteiger partial charge in [-0.15, -0.1) is 0 Å². The van der Waals surface area contributed by atoms with Crippen molar-refractivity contribution in [1.82, 2.24) is 9.97 Å². The Morgan fingerprint density at radius 3 is 2.61 bits per heavy atom. The number of hydrogen-bond donors (Lipinski definition) is 2. The van der Waals surface area contributed by atoms with Crippen LogP contribution in [0.1, 0.15) is 35.8 Å². The number of anilines is 2. The van der Waals surface area contributed by atoms with Gasteiger partial charge in [-0.25, -0.2) is 19.0 Å². The first-order chi connectivity index (χ1) is 17.4. The van der Waals surface area contributed by atoms with Gasteiger partial charge >= 0.3 is 5.97 Å². The van der Waals surface area contributed by atoms with Crippen LogP contribution in [-0.2, 0) is 20.5 Å². The van der Waals surface area contributed by atoms with Gasteiger partial charge in [0.1, 0.15) is 4.90 Å². The summed E-state index contributed by atoms with van der Waals surface area (Å²) in [6.45, 7) is 5.75. The van der Waals surface area contributed by atoms with E-state index in [0.717, 1.165) is 47.3 Å². The summed E-state index contributed by atoms with van der Waals surface area (Å²) >= 11 is 1.55. The van der Waals surface area contributed by atoms with Crippen molar-refractivity contribution >= 4 is 39.1 Å². The maximum atomic E-state index is 13.2. The number of aryl methyl sites for hydroxylation is 1. The maximum absolute atomic E-state index is 13.2. The van der Waals surface area contributed by atoms with Crippen molar-refractivity contribution in [3.63, 3.8) is 0 Å². The molecule has 0 amide bonds. The summed E-state index contributed by atoms with van der Waals surface area (Å²) in [5.41, 5.74) is 2.67. The predicted molar refractivity (Wildman–Crippen MR) is 141 cm³/mol. The van der Waals surface area contributed by atoms with Crippen molar-refractivity contribution in [1.29, 1.82) is 0 Å². The molecule has 2 aromatic heterocycles. The van der Waals surface area contributed by atoms with Gasteiger partial charge in [-0.3, -0.25) is 0 Å². The lowest BCUT2D eigenvalue weighted by molar-refractivity contribution is 0.0600. The highest BCUT2D eigenvalue weighted by Gasteiger charge is 2.22. The van der Waals surface area contributed by atoms with E-state index in [1.54, 1.807) is 41.8 Å². The van der Waals surface area contributed by atoms with E-state index in [-0.39, 0.29) is 5.88 Å². The van der Waals surface area contributed by atoms with Gasteiger partial charge in [0, 0.05) is 36.7 Å². The molecule has 1 fully saturated rings. The minimum atomic E-state index is -1.66. The fraction of sp³-hybridized carbons (Fsp3) is 0.400. The van der Waals surface area contributed by atoms with Crippen LogP contribution in [0, 0.1) is 12.8 Å². The monoisotopic (exact) mass is 530 g/mol. The summed E-state index contributed by atoms with van der Waals surface area (Å²) in [4.78, 5) is 22.1. The topological polar surface area (TPSA) is 112 Å². The Morgan fingerprint density at radius 2 is 1.94 bits per heavy atom. The number of pyridine rings is 1. The molecule has 11 heteroatoms. The van der Waals surface area contributed by atoms with Crippen molar-refractivity contribution < 1.29 is 23.2 Å². The Morgan fingerprint density at radius 1 is 1.22 bits per heavy atom. The van der Waals surface area contributed by atoms with Crippen LogP contribution in [0.25, 0.3) is 10.4 Å². The first kappa shape index (κ1) is 26.1. The van der Waals surface area contributed by atoms with Crippen LogP contribution in [0.15, 0.2) is 41.4 Å². The van der Waals surface area contributed by atoms with Gasteiger partial charge in [-0.05, 0) is 62.9 Å². The Hall–Kier alpha value is -3.02. The fourth-order valence-corrected chi connectivity index (χ4v) is 6.08. The minimum absolute atomic E-state index is 0.268. The number of nitrogens with zero attached hydrogens (tertiary/aromatic N) is 2. The number of aromatic nitrogens is 2. The molecule has 1 saturated heterocycles. The summed E-state index contributed by atoms with van der Waals surface area (Å²) in [5, 5.41) is 4.40. The maximum Gasteiger partial charge on any atom is 0.337 e. The molecular formula is C25H30N4O5S2. The van der Waals surface area contributed by atoms with Crippen LogP contribution in [0.5, 0.6) is 5.88 Å². The minimum Gasteiger partial charge on any atom is -0.480 e. The highest BCUT2D eigenvalue weighted by Crippen LogP contribution is 2.36. The molecule has 1 aliphatic heterocycles. The lowest BCUT2D eigenvalue weighted by Gasteiger charge is -2.28. The second-order valence-corrected chi connectivity index (χ2v) is 10.7. The zero-order valence-electron chi connectivity index (χ0n) is 20.7. The quantitative estimate of drug-likeness (QED) is 0.384. The van der Waals surface area contributed by atoms with Gasteiger partial charge in [0.2, 0.25) is 5.88 Å². The highest BCUT2D eigenvalue weighted by atomic mass is 32.2. The smallest absolute Gasteiger partial charge is 0.337 e. The van der Waals surface area contributed by atoms with Crippen molar-refractivity contribution in [3.05, 3.63) is 47.8 Å². The van der Waals surface area contributed by atoms with Gasteiger partial charge in [-0.1, -0.05) is 11.3 Å². The largest absolute Gasteiger partial charge is 0.480 e. The van der Waals surface area contributed by atoms with E-state index in [1.165, 1.54) is 14.2 Å². The summed E-state index contributed by atoms with van der Waals surface area (Å²) in [6, 6.07) is 8.64. The van der Waals surface area contributed by atoms with Crippen LogP contribution in [0.4, 0.5) is 10.8 Å². The molecule has 1 aromatic carbocycles. The molecule has 0 bridgehead atoms. The van der Waals surface area contributed by atoms with Gasteiger partial charge in [0.15, 0.2) is 16.1 Å². The molecule has 9 nitrogen and oxygen atoms in total. The third kappa shape index (κ3) is 6.03. The van der Waals surface area contributed by atoms with Gasteiger partial charge in [-0.2, -0.15) is 0 Å². The number of ether oxygens (including phenoxy) is 3. The van der Waals surface area contributed by atoms with E-state index < -0.39 is 17.0 Å². The fourth-order valence-electron chi connectivity index (χ4n) is 4.05. The molecule has 0 aliphatic carbocycles. The highest BCUT2D eigenvalue weighted by molar-refractivity contribution is 7.86. The van der Waals surface area contributed by atoms with Gasteiger partial charge in [0.05, 0.1) is 30.4 Å². The Balaban J connectivity index is 1.53. The average Bonchev–Trinajstić information content (AvgIpc) is 3.28. The molecular weight excluding hydrogens is 500 g/mol. The zero-order valence-corrected chi connectivity index (χ0v) is 22.3. The van der Waals surface area contributed by atoms with E-state index in [4.69, 9.17) is 19.2 Å². The van der Waals surface area contributed by atoms with Crippen LogP contribution in [0.2, 0.25) is 0 Å². The first-order valence-electron chi connectivity index (χ1n) is 11.6. The van der Waals surface area contributed by atoms with Crippen molar-refractivity contribution in [2.75, 3.05) is 37.5 Å². The van der Waals surface area contributed by atoms with Crippen LogP contribution in [-0.4, -0.2) is 53.6 Å². The summed E-state index contributed by atoms with van der Waals surface area (Å²) in [6.07, 6.45) is 3.79. The molecule has 2 atom stereocenters. The molecule has 36 heavy (non-hydrogen) atoms. The number of rotatable bonds is 9. The predicted octanol–water partition coefficient (Wildman–Crippen LogP) is 4.67. The summed E-state index contributed by atoms with van der Waals surface area (Å²) in [5.74, 6) is 0.387. The van der Waals surface area contributed by atoms with Gasteiger partial charge < -0.3 is 24.2 Å². The molecule has 2 N–H and O–H groups in total. The van der Waals surface area contributed by atoms with Crippen LogP contribution in [0.3, 0.4) is 0 Å². The van der Waals surface area contributed by atoms with E-state index in [0.29, 0.717) is 28.1 Å². The number of nitrogens with one attached hydrogen (secondary N) is 2. The number of carbonyl (C=O) groups is 1. The summed E-state index contributed by atoms with van der Waals surface area (Å²) < 4.78 is 31.7. The normalized spacial score (nSPS) is 15.7. The molecule has 3 aromatic rings. The molecule has 3 heterocycles. The van der Waals surface area contributed by atoms with E-state index >= 15 is 0 Å². The second kappa shape index (κ2) is 11.8. The van der Waals surface area contributed by atoms with Crippen molar-refractivity contribution in [3.8, 4) is 16.3 Å². The third-order valence-electron chi connectivity index (χ3n) is 6.11. The van der Waals surface area contributed by atoms with Crippen molar-refractivity contribution in [2.45, 2.75) is 37.6 Å². The Labute approximate surface area is 217 Å². The van der Waals surface area contributed by atoms with Gasteiger partial charge in [0.25, 0.3) is 0 Å². The van der Waals surface area contributed by atoms with Crippen LogP contribution < -0.4 is 14.8 Å². The first-order valence-corrected chi connectivity index (χ1v) is 13.6. The molecule has 2 unspecified atom stereocenters. The lowest BCUT2D eigenvalue weighted by Crippen LogP contribution is -2.30. The number of benzene rings is 1. The van der Waals surface area contributed by atoms with E-state index in [1.807, 2.05) is 13.0 Å².